The fraction of sp³-hybridized carbons (Fsp3) is 0.500. The number of anilines is 1. The van der Waals surface area contributed by atoms with Gasteiger partial charge in [-0.1, -0.05) is 11.3 Å². The second kappa shape index (κ2) is 3.88. The van der Waals surface area contributed by atoms with Crippen molar-refractivity contribution < 1.29 is 0 Å². The molecule has 0 atom stereocenters. The third-order valence-corrected chi connectivity index (χ3v) is 1.84. The largest absolute Gasteiger partial charge is 0.359 e. The van der Waals surface area contributed by atoms with E-state index in [2.05, 4.69) is 15.5 Å². The maximum atomic E-state index is 8.23. The van der Waals surface area contributed by atoms with Gasteiger partial charge in [0.15, 0.2) is 0 Å². The zero-order chi connectivity index (χ0) is 8.10. The Labute approximate surface area is 68.9 Å². The van der Waals surface area contributed by atoms with Gasteiger partial charge in [-0.15, -0.1) is 10.2 Å². The third-order valence-electron chi connectivity index (χ3n) is 1.04. The Kier molecular flexibility index (Phi) is 2.81. The molecule has 0 aliphatic rings. The van der Waals surface area contributed by atoms with Crippen LogP contribution in [0.4, 0.5) is 5.13 Å². The van der Waals surface area contributed by atoms with Crippen LogP contribution in [0.3, 0.4) is 0 Å². The Morgan fingerprint density at radius 1 is 1.64 bits per heavy atom. The van der Waals surface area contributed by atoms with Gasteiger partial charge in [-0.2, -0.15) is 5.26 Å². The van der Waals surface area contributed by atoms with Crippen LogP contribution in [0.1, 0.15) is 11.4 Å². The first kappa shape index (κ1) is 7.95. The summed E-state index contributed by atoms with van der Waals surface area (Å²) in [6, 6.07) is 2.04. The molecule has 1 N–H and O–H groups in total. The van der Waals surface area contributed by atoms with Crippen LogP contribution in [0.25, 0.3) is 0 Å². The summed E-state index contributed by atoms with van der Waals surface area (Å²) >= 11 is 1.50. The molecule has 1 heterocycles. The summed E-state index contributed by atoms with van der Waals surface area (Å²) in [5, 5.41) is 20.6. The zero-order valence-electron chi connectivity index (χ0n) is 6.16. The predicted octanol–water partition coefficient (Wildman–Crippen LogP) is 1.17. The topological polar surface area (TPSA) is 61.6 Å². The highest BCUT2D eigenvalue weighted by Gasteiger charge is 1.96. The molecule has 0 unspecified atom stereocenters. The lowest BCUT2D eigenvalue weighted by Gasteiger charge is -1.93. The summed E-state index contributed by atoms with van der Waals surface area (Å²) in [7, 11) is 0. The van der Waals surface area contributed by atoms with Crippen LogP contribution in [0.2, 0.25) is 0 Å². The highest BCUT2D eigenvalue weighted by Crippen LogP contribution is 2.12. The number of aromatic nitrogens is 2. The number of aryl methyl sites for hydroxylation is 1. The molecule has 58 valence electrons. The van der Waals surface area contributed by atoms with Crippen molar-refractivity contribution in [1.82, 2.24) is 10.2 Å². The molecule has 1 aromatic heterocycles. The molecule has 5 heteroatoms. The van der Waals surface area contributed by atoms with E-state index in [0.29, 0.717) is 13.0 Å². The van der Waals surface area contributed by atoms with Gasteiger partial charge in [0.1, 0.15) is 5.01 Å². The van der Waals surface area contributed by atoms with Crippen molar-refractivity contribution >= 4 is 16.5 Å². The Balaban J connectivity index is 2.34. The lowest BCUT2D eigenvalue weighted by Crippen LogP contribution is -1.99. The second-order valence-corrected chi connectivity index (χ2v) is 3.14. The van der Waals surface area contributed by atoms with Gasteiger partial charge in [-0.05, 0) is 6.92 Å². The first-order valence-corrected chi connectivity index (χ1v) is 4.05. The predicted molar refractivity (Wildman–Crippen MR) is 43.4 cm³/mol. The second-order valence-electron chi connectivity index (χ2n) is 1.96. The van der Waals surface area contributed by atoms with E-state index in [1.165, 1.54) is 11.3 Å². The quantitative estimate of drug-likeness (QED) is 0.688. The summed E-state index contributed by atoms with van der Waals surface area (Å²) < 4.78 is 0. The molecule has 0 amide bonds. The average Bonchev–Trinajstić information content (AvgIpc) is 2.37. The zero-order valence-corrected chi connectivity index (χ0v) is 6.98. The van der Waals surface area contributed by atoms with Crippen LogP contribution in [0.5, 0.6) is 0 Å². The summed E-state index contributed by atoms with van der Waals surface area (Å²) in [5.74, 6) is 0. The summed E-state index contributed by atoms with van der Waals surface area (Å²) in [6.07, 6.45) is 0.499. The van der Waals surface area contributed by atoms with Crippen LogP contribution in [0.15, 0.2) is 0 Å². The van der Waals surface area contributed by atoms with Gasteiger partial charge in [0, 0.05) is 6.54 Å². The van der Waals surface area contributed by atoms with Crippen molar-refractivity contribution in [3.63, 3.8) is 0 Å². The molecule has 0 saturated carbocycles. The maximum Gasteiger partial charge on any atom is 0.205 e. The van der Waals surface area contributed by atoms with Crippen molar-refractivity contribution in [2.45, 2.75) is 13.3 Å². The fourth-order valence-corrected chi connectivity index (χ4v) is 1.21. The van der Waals surface area contributed by atoms with E-state index in [0.717, 1.165) is 10.1 Å². The van der Waals surface area contributed by atoms with Gasteiger partial charge in [-0.3, -0.25) is 0 Å². The number of nitrogens with one attached hydrogen (secondary N) is 1. The molecule has 0 aliphatic carbocycles. The van der Waals surface area contributed by atoms with Gasteiger partial charge in [-0.25, -0.2) is 0 Å². The average molecular weight is 168 g/mol. The van der Waals surface area contributed by atoms with Gasteiger partial charge >= 0.3 is 0 Å². The van der Waals surface area contributed by atoms with E-state index in [-0.39, 0.29) is 0 Å². The highest BCUT2D eigenvalue weighted by atomic mass is 32.1. The monoisotopic (exact) mass is 168 g/mol. The molecule has 0 bridgehead atoms. The SMILES string of the molecule is Cc1nnc(NCCC#N)s1. The van der Waals surface area contributed by atoms with Crippen LogP contribution in [-0.2, 0) is 0 Å². The van der Waals surface area contributed by atoms with E-state index >= 15 is 0 Å². The number of nitrogens with zero attached hydrogens (tertiary/aromatic N) is 3. The van der Waals surface area contributed by atoms with E-state index in [1.54, 1.807) is 0 Å². The smallest absolute Gasteiger partial charge is 0.205 e. The van der Waals surface area contributed by atoms with Crippen LogP contribution in [-0.4, -0.2) is 16.7 Å². The van der Waals surface area contributed by atoms with Crippen molar-refractivity contribution in [3.05, 3.63) is 5.01 Å². The molecule has 4 nitrogen and oxygen atoms in total. The molecule has 1 aromatic rings. The molecular weight excluding hydrogens is 160 g/mol. The standard InChI is InChI=1S/C6H8N4S/c1-5-9-10-6(11-5)8-4-2-3-7/h2,4H2,1H3,(H,8,10). The Morgan fingerprint density at radius 3 is 3.00 bits per heavy atom. The van der Waals surface area contributed by atoms with E-state index in [4.69, 9.17) is 5.26 Å². The lowest BCUT2D eigenvalue weighted by molar-refractivity contribution is 1.01. The van der Waals surface area contributed by atoms with Crippen molar-refractivity contribution in [1.29, 1.82) is 5.26 Å². The minimum atomic E-state index is 0.499. The Morgan fingerprint density at radius 2 is 2.45 bits per heavy atom. The minimum absolute atomic E-state index is 0.499. The van der Waals surface area contributed by atoms with Gasteiger partial charge in [0.25, 0.3) is 0 Å². The van der Waals surface area contributed by atoms with Crippen molar-refractivity contribution in [3.8, 4) is 6.07 Å². The molecule has 0 spiro atoms. The first-order chi connectivity index (χ1) is 5.33. The van der Waals surface area contributed by atoms with Crippen molar-refractivity contribution in [2.75, 3.05) is 11.9 Å². The third kappa shape index (κ3) is 2.51. The molecule has 1 rings (SSSR count). The van der Waals surface area contributed by atoms with Gasteiger partial charge in [0.2, 0.25) is 5.13 Å². The van der Waals surface area contributed by atoms with Crippen LogP contribution < -0.4 is 5.32 Å². The molecule has 0 saturated heterocycles. The van der Waals surface area contributed by atoms with E-state index in [1.807, 2.05) is 13.0 Å². The molecule has 0 radical (unpaired) electrons. The Bertz CT molecular complexity index is 262. The number of nitriles is 1. The molecular formula is C6H8N4S. The molecule has 0 aliphatic heterocycles. The van der Waals surface area contributed by atoms with Gasteiger partial charge in [0.05, 0.1) is 12.5 Å². The van der Waals surface area contributed by atoms with Crippen LogP contribution in [0, 0.1) is 18.3 Å². The minimum Gasteiger partial charge on any atom is -0.359 e. The first-order valence-electron chi connectivity index (χ1n) is 3.24. The summed E-state index contributed by atoms with van der Waals surface area (Å²) in [5.41, 5.74) is 0. The fourth-order valence-electron chi connectivity index (χ4n) is 0.593. The number of hydrogen-bond acceptors (Lipinski definition) is 5. The highest BCUT2D eigenvalue weighted by molar-refractivity contribution is 7.15. The molecule has 11 heavy (non-hydrogen) atoms. The van der Waals surface area contributed by atoms with Crippen LogP contribution >= 0.6 is 11.3 Å². The summed E-state index contributed by atoms with van der Waals surface area (Å²) in [4.78, 5) is 0. The maximum absolute atomic E-state index is 8.23. The van der Waals surface area contributed by atoms with E-state index < -0.39 is 0 Å². The van der Waals surface area contributed by atoms with E-state index in [9.17, 15) is 0 Å². The molecule has 0 fully saturated rings. The van der Waals surface area contributed by atoms with Crippen molar-refractivity contribution in [2.24, 2.45) is 0 Å². The van der Waals surface area contributed by atoms with Gasteiger partial charge < -0.3 is 5.32 Å². The summed E-state index contributed by atoms with van der Waals surface area (Å²) in [6.45, 7) is 2.54. The number of rotatable bonds is 3. The Hall–Kier alpha value is -1.15. The lowest BCUT2D eigenvalue weighted by atomic mass is 10.5. The number of hydrogen-bond donors (Lipinski definition) is 1. The normalized spacial score (nSPS) is 9.09. The molecule has 0 aromatic carbocycles.